The van der Waals surface area contributed by atoms with E-state index in [0.29, 0.717) is 0 Å². The van der Waals surface area contributed by atoms with Crippen LogP contribution in [0.3, 0.4) is 0 Å². The van der Waals surface area contributed by atoms with Crippen LogP contribution >= 0.6 is 0 Å². The van der Waals surface area contributed by atoms with Crippen LogP contribution in [0.25, 0.3) is 0 Å². The van der Waals surface area contributed by atoms with Crippen LogP contribution in [-0.2, 0) is 14.8 Å². The van der Waals surface area contributed by atoms with Crippen molar-refractivity contribution >= 4 is 21.7 Å². The summed E-state index contributed by atoms with van der Waals surface area (Å²) in [4.78, 5) is 12.2. The molecule has 1 N–H and O–H groups in total. The molecule has 0 atom stereocenters. The molecular weight excluding hydrogens is 362 g/mol. The minimum atomic E-state index is -3.99. The van der Waals surface area contributed by atoms with Gasteiger partial charge in [0.15, 0.2) is 11.5 Å². The molecule has 0 aliphatic rings. The number of sulfonamides is 1. The molecule has 0 spiro atoms. The number of carbonyl (C=O) groups is 1. The number of anilines is 1. The van der Waals surface area contributed by atoms with Crippen LogP contribution in [0.5, 0.6) is 17.2 Å². The van der Waals surface area contributed by atoms with Crippen LogP contribution in [0, 0.1) is 0 Å². The highest BCUT2D eigenvalue weighted by molar-refractivity contribution is 7.92. The molecule has 9 heteroatoms. The number of hydrogen-bond acceptors (Lipinski definition) is 7. The van der Waals surface area contributed by atoms with Crippen molar-refractivity contribution in [2.24, 2.45) is 0 Å². The van der Waals surface area contributed by atoms with E-state index in [2.05, 4.69) is 4.72 Å². The molecule has 0 amide bonds. The third-order valence-corrected chi connectivity index (χ3v) is 4.89. The van der Waals surface area contributed by atoms with E-state index in [1.165, 1.54) is 46.6 Å². The maximum Gasteiger partial charge on any atom is 0.340 e. The van der Waals surface area contributed by atoms with E-state index >= 15 is 0 Å². The monoisotopic (exact) mass is 381 g/mol. The van der Waals surface area contributed by atoms with Gasteiger partial charge in [-0.25, -0.2) is 13.2 Å². The van der Waals surface area contributed by atoms with E-state index in [4.69, 9.17) is 18.9 Å². The van der Waals surface area contributed by atoms with Crippen LogP contribution in [-0.4, -0.2) is 42.8 Å². The number of nitrogens with one attached hydrogen (secondary N) is 1. The molecule has 0 radical (unpaired) electrons. The zero-order chi connectivity index (χ0) is 19.3. The van der Waals surface area contributed by atoms with E-state index in [9.17, 15) is 13.2 Å². The van der Waals surface area contributed by atoms with Gasteiger partial charge in [-0.15, -0.1) is 0 Å². The number of carbonyl (C=O) groups excluding carboxylic acids is 1. The summed E-state index contributed by atoms with van der Waals surface area (Å²) in [6.45, 7) is 0. The Labute approximate surface area is 151 Å². The normalized spacial score (nSPS) is 10.8. The van der Waals surface area contributed by atoms with Crippen LogP contribution in [0.2, 0.25) is 0 Å². The number of rotatable bonds is 7. The van der Waals surface area contributed by atoms with Gasteiger partial charge < -0.3 is 18.9 Å². The van der Waals surface area contributed by atoms with Gasteiger partial charge in [-0.05, 0) is 12.1 Å². The van der Waals surface area contributed by atoms with E-state index in [-0.39, 0.29) is 33.4 Å². The second kappa shape index (κ2) is 7.96. The topological polar surface area (TPSA) is 100 Å². The molecule has 2 aromatic carbocycles. The van der Waals surface area contributed by atoms with Gasteiger partial charge in [-0.2, -0.15) is 0 Å². The molecule has 0 heterocycles. The first-order valence-electron chi connectivity index (χ1n) is 7.38. The molecule has 26 heavy (non-hydrogen) atoms. The van der Waals surface area contributed by atoms with Crippen LogP contribution in [0.4, 0.5) is 5.69 Å². The SMILES string of the molecule is COC(=O)c1cc(OC)c(OC)c(OC)c1NS(=O)(=O)c1ccccc1. The summed E-state index contributed by atoms with van der Waals surface area (Å²) in [6, 6.07) is 9.02. The van der Waals surface area contributed by atoms with Crippen LogP contribution in [0.15, 0.2) is 41.3 Å². The number of benzene rings is 2. The molecule has 2 aromatic rings. The third kappa shape index (κ3) is 3.67. The van der Waals surface area contributed by atoms with Gasteiger partial charge in [0.05, 0.1) is 38.9 Å². The molecule has 0 aromatic heterocycles. The first-order chi connectivity index (χ1) is 12.4. The lowest BCUT2D eigenvalue weighted by molar-refractivity contribution is 0.0601. The van der Waals surface area contributed by atoms with Crippen molar-refractivity contribution in [2.75, 3.05) is 33.2 Å². The van der Waals surface area contributed by atoms with Gasteiger partial charge in [-0.1, -0.05) is 18.2 Å². The lowest BCUT2D eigenvalue weighted by Crippen LogP contribution is -2.17. The molecule has 0 aliphatic heterocycles. The lowest BCUT2D eigenvalue weighted by Gasteiger charge is -2.19. The second-order valence-corrected chi connectivity index (χ2v) is 6.66. The van der Waals surface area contributed by atoms with Crippen molar-refractivity contribution in [3.05, 3.63) is 42.0 Å². The highest BCUT2D eigenvalue weighted by Crippen LogP contribution is 2.46. The summed E-state index contributed by atoms with van der Waals surface area (Å²) in [5, 5.41) is 0. The highest BCUT2D eigenvalue weighted by Gasteiger charge is 2.28. The largest absolute Gasteiger partial charge is 0.493 e. The lowest BCUT2D eigenvalue weighted by atomic mass is 10.1. The van der Waals surface area contributed by atoms with Gasteiger partial charge in [0.1, 0.15) is 5.69 Å². The van der Waals surface area contributed by atoms with Crippen LogP contribution in [0.1, 0.15) is 10.4 Å². The fourth-order valence-electron chi connectivity index (χ4n) is 2.32. The van der Waals surface area contributed by atoms with Gasteiger partial charge >= 0.3 is 5.97 Å². The summed E-state index contributed by atoms with van der Waals surface area (Å²) in [5.41, 5.74) is -0.192. The van der Waals surface area contributed by atoms with Crippen molar-refractivity contribution in [1.29, 1.82) is 0 Å². The molecule has 0 unspecified atom stereocenters. The maximum atomic E-state index is 12.7. The van der Waals surface area contributed by atoms with Crippen molar-refractivity contribution in [3.63, 3.8) is 0 Å². The van der Waals surface area contributed by atoms with Gasteiger partial charge in [0.2, 0.25) is 5.75 Å². The Kier molecular flexibility index (Phi) is 5.93. The molecule has 0 aliphatic carbocycles. The van der Waals surface area contributed by atoms with Crippen molar-refractivity contribution in [1.82, 2.24) is 0 Å². The molecule has 0 fully saturated rings. The van der Waals surface area contributed by atoms with Crippen molar-refractivity contribution < 1.29 is 32.2 Å². The fourth-order valence-corrected chi connectivity index (χ4v) is 3.43. The number of methoxy groups -OCH3 is 4. The van der Waals surface area contributed by atoms with E-state index < -0.39 is 16.0 Å². The zero-order valence-corrected chi connectivity index (χ0v) is 15.5. The predicted molar refractivity (Wildman–Crippen MR) is 94.7 cm³/mol. The Bertz CT molecular complexity index is 895. The Morgan fingerprint density at radius 2 is 1.54 bits per heavy atom. The van der Waals surface area contributed by atoms with Gasteiger partial charge in [0.25, 0.3) is 10.0 Å². The Balaban J connectivity index is 2.71. The van der Waals surface area contributed by atoms with Crippen molar-refractivity contribution in [3.8, 4) is 17.2 Å². The summed E-state index contributed by atoms with van der Waals surface area (Å²) in [6.07, 6.45) is 0. The standard InChI is InChI=1S/C17H19NO7S/c1-22-13-10-12(17(19)25-4)14(16(24-3)15(13)23-2)18-26(20,21)11-8-6-5-7-9-11/h5-10,18H,1-4H3. The summed E-state index contributed by atoms with van der Waals surface area (Å²) in [5.74, 6) is -0.456. The maximum absolute atomic E-state index is 12.7. The summed E-state index contributed by atoms with van der Waals surface area (Å²) < 4.78 is 48.2. The fraction of sp³-hybridized carbons (Fsp3) is 0.235. The van der Waals surface area contributed by atoms with Crippen molar-refractivity contribution in [2.45, 2.75) is 4.90 Å². The molecule has 0 bridgehead atoms. The molecule has 140 valence electrons. The predicted octanol–water partition coefficient (Wildman–Crippen LogP) is 2.30. The average Bonchev–Trinajstić information content (AvgIpc) is 2.67. The number of hydrogen-bond donors (Lipinski definition) is 1. The Morgan fingerprint density at radius 3 is 2.04 bits per heavy atom. The van der Waals surface area contributed by atoms with Gasteiger partial charge in [-0.3, -0.25) is 4.72 Å². The number of esters is 1. The minimum absolute atomic E-state index is 0.00763. The average molecular weight is 381 g/mol. The first-order valence-corrected chi connectivity index (χ1v) is 8.87. The molecule has 8 nitrogen and oxygen atoms in total. The summed E-state index contributed by atoms with van der Waals surface area (Å²) in [7, 11) is 1.26. The molecule has 0 saturated carbocycles. The minimum Gasteiger partial charge on any atom is -0.493 e. The molecular formula is C17H19NO7S. The van der Waals surface area contributed by atoms with Gasteiger partial charge in [0, 0.05) is 6.07 Å². The second-order valence-electron chi connectivity index (χ2n) is 4.98. The first kappa shape index (κ1) is 19.4. The Morgan fingerprint density at radius 1 is 0.923 bits per heavy atom. The molecule has 0 saturated heterocycles. The van der Waals surface area contributed by atoms with Crippen LogP contribution < -0.4 is 18.9 Å². The van der Waals surface area contributed by atoms with E-state index in [0.717, 1.165) is 0 Å². The number of ether oxygens (including phenoxy) is 4. The van der Waals surface area contributed by atoms with E-state index in [1.807, 2.05) is 0 Å². The zero-order valence-electron chi connectivity index (χ0n) is 14.7. The highest BCUT2D eigenvalue weighted by atomic mass is 32.2. The summed E-state index contributed by atoms with van der Waals surface area (Å²) >= 11 is 0. The smallest absolute Gasteiger partial charge is 0.340 e. The Hall–Kier alpha value is -2.94. The third-order valence-electron chi connectivity index (χ3n) is 3.53. The van der Waals surface area contributed by atoms with E-state index in [1.54, 1.807) is 18.2 Å². The quantitative estimate of drug-likeness (QED) is 0.735. The molecule has 2 rings (SSSR count).